The first kappa shape index (κ1) is 34.2. The number of hydrogen-bond acceptors (Lipinski definition) is 7. The molecular weight excluding hydrogens is 558 g/mol. The Morgan fingerprint density at radius 2 is 1.80 bits per heavy atom. The zero-order chi connectivity index (χ0) is 31.9. The van der Waals surface area contributed by atoms with Gasteiger partial charge in [-0.05, 0) is 69.4 Å². The smallest absolute Gasteiger partial charge is 0.308 e. The van der Waals surface area contributed by atoms with Crippen LogP contribution < -0.4 is 9.47 Å². The van der Waals surface area contributed by atoms with Gasteiger partial charge in [-0.2, -0.15) is 0 Å². The van der Waals surface area contributed by atoms with Crippen LogP contribution in [0.25, 0.3) is 0 Å². The lowest BCUT2D eigenvalue weighted by atomic mass is 9.84. The first-order chi connectivity index (χ1) is 21.0. The number of amides is 1. The minimum Gasteiger partial charge on any atom is -0.481 e. The van der Waals surface area contributed by atoms with Gasteiger partial charge in [0.2, 0.25) is 12.7 Å². The van der Waals surface area contributed by atoms with Gasteiger partial charge in [0.25, 0.3) is 0 Å². The standard InChI is InChI=1S/C35H55N3O6/c1-6-7-9-12-25(13-10-8-11-17-36(4)5)29(39)22-38-21-27(26-14-15-30-31(19-26)44-24-43-30)33(34(41)42)28(38)16-18-37-23-35(2,3)20-32(37)40/h14-15,19,25,27-28,33H,6-13,16-18,20-24H2,1-5H3,(H,41,42)/t25?,27-,28+,33-/m1/s1. The Kier molecular flexibility index (Phi) is 12.1. The number of carbonyl (C=O) groups excluding carboxylic acids is 2. The van der Waals surface area contributed by atoms with Crippen LogP contribution in [0.1, 0.15) is 96.5 Å². The molecule has 0 aliphatic carbocycles. The maximum absolute atomic E-state index is 14.0. The molecule has 2 fully saturated rings. The van der Waals surface area contributed by atoms with Gasteiger partial charge in [0.15, 0.2) is 11.5 Å². The van der Waals surface area contributed by atoms with Gasteiger partial charge >= 0.3 is 5.97 Å². The molecule has 4 atom stereocenters. The summed E-state index contributed by atoms with van der Waals surface area (Å²) in [4.78, 5) is 45.9. The monoisotopic (exact) mass is 613 g/mol. The highest BCUT2D eigenvalue weighted by Gasteiger charge is 2.48. The summed E-state index contributed by atoms with van der Waals surface area (Å²) < 4.78 is 11.1. The van der Waals surface area contributed by atoms with Gasteiger partial charge in [-0.25, -0.2) is 0 Å². The van der Waals surface area contributed by atoms with Crippen LogP contribution in [0.2, 0.25) is 0 Å². The molecule has 0 radical (unpaired) electrons. The van der Waals surface area contributed by atoms with Crippen LogP contribution in [0.3, 0.4) is 0 Å². The molecule has 9 nitrogen and oxygen atoms in total. The number of benzene rings is 1. The first-order valence-electron chi connectivity index (χ1n) is 16.8. The molecule has 3 aliphatic heterocycles. The van der Waals surface area contributed by atoms with E-state index < -0.39 is 11.9 Å². The third-order valence-corrected chi connectivity index (χ3v) is 9.78. The topological polar surface area (TPSA) is 99.6 Å². The zero-order valence-electron chi connectivity index (χ0n) is 27.7. The number of Topliss-reactive ketones (excluding diaryl/α,β-unsaturated/α-hetero) is 1. The number of unbranched alkanes of at least 4 members (excludes halogenated alkanes) is 4. The molecule has 0 aromatic heterocycles. The second kappa shape index (κ2) is 15.6. The fourth-order valence-electron chi connectivity index (χ4n) is 7.44. The van der Waals surface area contributed by atoms with Gasteiger partial charge in [0, 0.05) is 43.9 Å². The summed E-state index contributed by atoms with van der Waals surface area (Å²) in [5, 5.41) is 10.6. The maximum atomic E-state index is 14.0. The van der Waals surface area contributed by atoms with Crippen molar-refractivity contribution in [3.8, 4) is 11.5 Å². The van der Waals surface area contributed by atoms with Crippen molar-refractivity contribution in [3.05, 3.63) is 23.8 Å². The number of hydrogen-bond donors (Lipinski definition) is 1. The van der Waals surface area contributed by atoms with Crippen LogP contribution in [0.5, 0.6) is 11.5 Å². The normalized spacial score (nSPS) is 23.5. The van der Waals surface area contributed by atoms with Crippen molar-refractivity contribution in [3.63, 3.8) is 0 Å². The Hall–Kier alpha value is -2.65. The molecule has 44 heavy (non-hydrogen) atoms. The molecule has 2 saturated heterocycles. The molecule has 1 aromatic rings. The Bertz CT molecular complexity index is 1140. The summed E-state index contributed by atoms with van der Waals surface area (Å²) in [5.41, 5.74) is 0.808. The molecule has 3 aliphatic rings. The summed E-state index contributed by atoms with van der Waals surface area (Å²) in [5.74, 6) is -0.205. The third kappa shape index (κ3) is 8.96. The van der Waals surface area contributed by atoms with E-state index in [2.05, 4.69) is 44.7 Å². The number of nitrogens with zero attached hydrogens (tertiary/aromatic N) is 3. The van der Waals surface area contributed by atoms with Crippen molar-refractivity contribution in [2.24, 2.45) is 17.3 Å². The van der Waals surface area contributed by atoms with E-state index in [0.29, 0.717) is 44.0 Å². The molecular formula is C35H55N3O6. The molecule has 1 aromatic carbocycles. The molecule has 0 saturated carbocycles. The van der Waals surface area contributed by atoms with Gasteiger partial charge in [-0.3, -0.25) is 19.3 Å². The quantitative estimate of drug-likeness (QED) is 0.219. The summed E-state index contributed by atoms with van der Waals surface area (Å²) >= 11 is 0. The van der Waals surface area contributed by atoms with Crippen LogP contribution in [0.15, 0.2) is 18.2 Å². The van der Waals surface area contributed by atoms with Crippen LogP contribution >= 0.6 is 0 Å². The van der Waals surface area contributed by atoms with Gasteiger partial charge in [-0.15, -0.1) is 0 Å². The van der Waals surface area contributed by atoms with Crippen molar-refractivity contribution in [1.29, 1.82) is 0 Å². The van der Waals surface area contributed by atoms with E-state index in [1.165, 1.54) is 0 Å². The van der Waals surface area contributed by atoms with E-state index in [1.54, 1.807) is 0 Å². The molecule has 0 bridgehead atoms. The Morgan fingerprint density at radius 3 is 2.45 bits per heavy atom. The largest absolute Gasteiger partial charge is 0.481 e. The average molecular weight is 614 g/mol. The Balaban J connectivity index is 1.52. The lowest BCUT2D eigenvalue weighted by molar-refractivity contribution is -0.143. The highest BCUT2D eigenvalue weighted by atomic mass is 16.7. The molecule has 3 heterocycles. The summed E-state index contributed by atoms with van der Waals surface area (Å²) in [6.45, 7) is 9.50. The van der Waals surface area contributed by atoms with E-state index in [-0.39, 0.29) is 48.3 Å². The summed E-state index contributed by atoms with van der Waals surface area (Å²) in [6.07, 6.45) is 9.35. The van der Waals surface area contributed by atoms with Crippen LogP contribution in [-0.4, -0.2) is 97.1 Å². The number of carboxylic acids is 1. The first-order valence-corrected chi connectivity index (χ1v) is 16.8. The second-order valence-corrected chi connectivity index (χ2v) is 14.3. The van der Waals surface area contributed by atoms with E-state index in [9.17, 15) is 19.5 Å². The number of ether oxygens (including phenoxy) is 2. The predicted molar refractivity (Wildman–Crippen MR) is 171 cm³/mol. The van der Waals surface area contributed by atoms with Crippen molar-refractivity contribution in [2.75, 3.05) is 53.6 Å². The third-order valence-electron chi connectivity index (χ3n) is 9.78. The van der Waals surface area contributed by atoms with E-state index in [1.807, 2.05) is 23.1 Å². The lowest BCUT2D eigenvalue weighted by Crippen LogP contribution is -2.42. The van der Waals surface area contributed by atoms with Gasteiger partial charge in [-0.1, -0.05) is 58.9 Å². The number of likely N-dealkylation sites (tertiary alicyclic amines) is 2. The van der Waals surface area contributed by atoms with Gasteiger partial charge in [0.05, 0.1) is 12.5 Å². The minimum atomic E-state index is -0.860. The number of aliphatic carboxylic acids is 1. The van der Waals surface area contributed by atoms with Crippen LogP contribution in [-0.2, 0) is 14.4 Å². The minimum absolute atomic E-state index is 0.00427. The molecule has 1 unspecified atom stereocenters. The lowest BCUT2D eigenvalue weighted by Gasteiger charge is -2.30. The van der Waals surface area contributed by atoms with Gasteiger partial charge in [0.1, 0.15) is 5.78 Å². The van der Waals surface area contributed by atoms with Gasteiger partial charge < -0.3 is 24.4 Å². The number of carboxylic acid groups (broad SMARTS) is 1. The fraction of sp³-hybridized carbons (Fsp3) is 0.743. The zero-order valence-corrected chi connectivity index (χ0v) is 27.7. The SMILES string of the molecule is CCCCCC(CCCCCN(C)C)C(=O)CN1C[C@H](c2ccc3c(c2)OCO3)[C@@H](C(=O)O)[C@@H]1CCN1CC(C)(C)CC1=O. The highest BCUT2D eigenvalue weighted by Crippen LogP contribution is 2.43. The van der Waals surface area contributed by atoms with Crippen molar-refractivity contribution in [1.82, 2.24) is 14.7 Å². The summed E-state index contributed by atoms with van der Waals surface area (Å²) in [6, 6.07) is 5.34. The predicted octanol–water partition coefficient (Wildman–Crippen LogP) is 5.42. The van der Waals surface area contributed by atoms with Crippen molar-refractivity contribution >= 4 is 17.7 Å². The highest BCUT2D eigenvalue weighted by molar-refractivity contribution is 5.83. The summed E-state index contributed by atoms with van der Waals surface area (Å²) in [7, 11) is 4.18. The van der Waals surface area contributed by atoms with E-state index in [0.717, 1.165) is 63.5 Å². The molecule has 1 N–H and O–H groups in total. The van der Waals surface area contributed by atoms with E-state index >= 15 is 0 Å². The molecule has 9 heteroatoms. The number of carbonyl (C=O) groups is 3. The fourth-order valence-corrected chi connectivity index (χ4v) is 7.44. The number of rotatable bonds is 18. The van der Waals surface area contributed by atoms with Crippen molar-refractivity contribution < 1.29 is 29.0 Å². The number of ketones is 1. The molecule has 1 amide bonds. The van der Waals surface area contributed by atoms with Crippen molar-refractivity contribution in [2.45, 2.75) is 96.9 Å². The Labute approximate surface area is 264 Å². The van der Waals surface area contributed by atoms with Crippen LogP contribution in [0.4, 0.5) is 0 Å². The molecule has 0 spiro atoms. The average Bonchev–Trinajstić information content (AvgIpc) is 3.64. The molecule has 4 rings (SSSR count). The van der Waals surface area contributed by atoms with Crippen LogP contribution in [0, 0.1) is 17.3 Å². The maximum Gasteiger partial charge on any atom is 0.308 e. The number of fused-ring (bicyclic) bond motifs is 1. The second-order valence-electron chi connectivity index (χ2n) is 14.3. The molecule has 246 valence electrons. The Morgan fingerprint density at radius 1 is 1.07 bits per heavy atom. The van der Waals surface area contributed by atoms with E-state index in [4.69, 9.17) is 9.47 Å².